The molecule has 2 N–H and O–H groups in total. The number of aryl methyl sites for hydroxylation is 2. The van der Waals surface area contributed by atoms with Gasteiger partial charge in [0.15, 0.2) is 0 Å². The van der Waals surface area contributed by atoms with Gasteiger partial charge >= 0.3 is 0 Å². The van der Waals surface area contributed by atoms with E-state index >= 15 is 0 Å². The van der Waals surface area contributed by atoms with Gasteiger partial charge in [-0.25, -0.2) is 8.42 Å². The van der Waals surface area contributed by atoms with Gasteiger partial charge in [0.1, 0.15) is 0 Å². The Hall–Kier alpha value is -2.35. The lowest BCUT2D eigenvalue weighted by Gasteiger charge is -2.17. The first-order chi connectivity index (χ1) is 13.8. The highest BCUT2D eigenvalue weighted by Gasteiger charge is 2.25. The van der Waals surface area contributed by atoms with Crippen molar-refractivity contribution < 1.29 is 13.2 Å². The molecule has 1 aromatic heterocycles. The van der Waals surface area contributed by atoms with Crippen LogP contribution in [0.2, 0.25) is 5.02 Å². The maximum Gasteiger partial charge on any atom is 0.243 e. The van der Waals surface area contributed by atoms with Crippen molar-refractivity contribution in [2.24, 2.45) is 0 Å². The SMILES string of the molecule is CN(CC(=O)Nc1ccc(Cl)cc1)S(=O)(=O)c1ccc2[nH]c3c(c2c1)CCCC3. The zero-order valence-corrected chi connectivity index (χ0v) is 17.6. The summed E-state index contributed by atoms with van der Waals surface area (Å²) >= 11 is 5.84. The fraction of sp³-hybridized carbons (Fsp3) is 0.286. The molecule has 6 nitrogen and oxygen atoms in total. The lowest BCUT2D eigenvalue weighted by molar-refractivity contribution is -0.116. The predicted molar refractivity (Wildman–Crippen MR) is 115 cm³/mol. The first-order valence-corrected chi connectivity index (χ1v) is 11.3. The van der Waals surface area contributed by atoms with Crippen LogP contribution in [0.5, 0.6) is 0 Å². The summed E-state index contributed by atoms with van der Waals surface area (Å²) in [7, 11) is -2.38. The topological polar surface area (TPSA) is 82.3 Å². The maximum atomic E-state index is 13.0. The summed E-state index contributed by atoms with van der Waals surface area (Å²) in [6, 6.07) is 11.8. The van der Waals surface area contributed by atoms with Crippen LogP contribution in [0.4, 0.5) is 5.69 Å². The van der Waals surface area contributed by atoms with Crippen molar-refractivity contribution in [2.45, 2.75) is 30.6 Å². The molecule has 0 unspecified atom stereocenters. The van der Waals surface area contributed by atoms with Crippen molar-refractivity contribution in [1.29, 1.82) is 0 Å². The molecule has 0 radical (unpaired) electrons. The number of nitrogens with one attached hydrogen (secondary N) is 2. The van der Waals surface area contributed by atoms with Gasteiger partial charge in [-0.1, -0.05) is 11.6 Å². The summed E-state index contributed by atoms with van der Waals surface area (Å²) in [5.41, 5.74) is 3.94. The second kappa shape index (κ2) is 7.82. The van der Waals surface area contributed by atoms with Crippen molar-refractivity contribution in [3.05, 3.63) is 58.7 Å². The average Bonchev–Trinajstić information content (AvgIpc) is 3.07. The molecule has 29 heavy (non-hydrogen) atoms. The van der Waals surface area contributed by atoms with Crippen LogP contribution in [0.15, 0.2) is 47.4 Å². The van der Waals surface area contributed by atoms with E-state index in [9.17, 15) is 13.2 Å². The Balaban J connectivity index is 1.54. The van der Waals surface area contributed by atoms with Gasteiger partial charge in [0.25, 0.3) is 0 Å². The Morgan fingerprint density at radius 2 is 1.86 bits per heavy atom. The minimum absolute atomic E-state index is 0.194. The van der Waals surface area contributed by atoms with Crippen LogP contribution in [-0.4, -0.2) is 37.2 Å². The van der Waals surface area contributed by atoms with Gasteiger partial charge in [-0.3, -0.25) is 4.79 Å². The highest BCUT2D eigenvalue weighted by Crippen LogP contribution is 2.31. The van der Waals surface area contributed by atoms with Crippen molar-refractivity contribution in [1.82, 2.24) is 9.29 Å². The molecule has 1 aliphatic carbocycles. The molecule has 0 aliphatic heterocycles. The van der Waals surface area contributed by atoms with Crippen LogP contribution in [0.1, 0.15) is 24.1 Å². The number of halogens is 1. The van der Waals surface area contributed by atoms with Crippen molar-refractivity contribution >= 4 is 44.1 Å². The number of aromatic amines is 1. The standard InChI is InChI=1S/C21H22ClN3O3S/c1-25(13-21(26)23-15-8-6-14(22)7-9-15)29(27,28)16-10-11-20-18(12-16)17-4-2-3-5-19(17)24-20/h6-12,24H,2-5,13H2,1H3,(H,23,26). The number of fused-ring (bicyclic) bond motifs is 3. The minimum Gasteiger partial charge on any atom is -0.358 e. The van der Waals surface area contributed by atoms with Gasteiger partial charge in [0.2, 0.25) is 15.9 Å². The lowest BCUT2D eigenvalue weighted by atomic mass is 9.96. The molecule has 1 amide bonds. The van der Waals surface area contributed by atoms with E-state index in [0.29, 0.717) is 10.7 Å². The van der Waals surface area contributed by atoms with Crippen LogP contribution in [-0.2, 0) is 27.7 Å². The quantitative estimate of drug-likeness (QED) is 0.641. The second-order valence-corrected chi connectivity index (χ2v) is 9.79. The molecule has 2 aromatic carbocycles. The van der Waals surface area contributed by atoms with E-state index in [1.807, 2.05) is 6.07 Å². The van der Waals surface area contributed by atoms with E-state index in [4.69, 9.17) is 11.6 Å². The van der Waals surface area contributed by atoms with E-state index in [2.05, 4.69) is 10.3 Å². The van der Waals surface area contributed by atoms with Crippen LogP contribution in [0, 0.1) is 0 Å². The van der Waals surface area contributed by atoms with Crippen molar-refractivity contribution in [3.63, 3.8) is 0 Å². The van der Waals surface area contributed by atoms with Gasteiger partial charge in [-0.2, -0.15) is 4.31 Å². The molecule has 0 bridgehead atoms. The summed E-state index contributed by atoms with van der Waals surface area (Å²) in [6.07, 6.45) is 4.22. The van der Waals surface area contributed by atoms with Gasteiger partial charge in [-0.05, 0) is 73.7 Å². The number of carbonyl (C=O) groups excluding carboxylic acids is 1. The van der Waals surface area contributed by atoms with E-state index in [-0.39, 0.29) is 11.4 Å². The number of rotatable bonds is 5. The van der Waals surface area contributed by atoms with E-state index in [1.54, 1.807) is 36.4 Å². The van der Waals surface area contributed by atoms with Crippen LogP contribution in [0.3, 0.4) is 0 Å². The maximum absolute atomic E-state index is 13.0. The number of carbonyl (C=O) groups is 1. The van der Waals surface area contributed by atoms with E-state index in [1.165, 1.54) is 18.3 Å². The molecular weight excluding hydrogens is 410 g/mol. The number of H-pyrrole nitrogens is 1. The molecule has 0 atom stereocenters. The molecule has 0 saturated heterocycles. The fourth-order valence-corrected chi connectivity index (χ4v) is 5.03. The first kappa shape index (κ1) is 19.9. The van der Waals surface area contributed by atoms with Crippen LogP contribution >= 0.6 is 11.6 Å². The third-order valence-corrected chi connectivity index (χ3v) is 7.32. The largest absolute Gasteiger partial charge is 0.358 e. The van der Waals surface area contributed by atoms with Crippen LogP contribution in [0.25, 0.3) is 10.9 Å². The Labute approximate surface area is 174 Å². The molecule has 0 fully saturated rings. The lowest BCUT2D eigenvalue weighted by Crippen LogP contribution is -2.34. The third kappa shape index (κ3) is 4.03. The number of sulfonamides is 1. The molecular formula is C21H22ClN3O3S. The van der Waals surface area contributed by atoms with Gasteiger partial charge in [0, 0.05) is 34.4 Å². The van der Waals surface area contributed by atoms with Gasteiger partial charge in [-0.15, -0.1) is 0 Å². The fourth-order valence-electron chi connectivity index (χ4n) is 3.75. The number of aromatic nitrogens is 1. The Kier molecular flexibility index (Phi) is 5.38. The number of hydrogen-bond acceptors (Lipinski definition) is 3. The summed E-state index contributed by atoms with van der Waals surface area (Å²) in [4.78, 5) is 15.9. The van der Waals surface area contributed by atoms with E-state index in [0.717, 1.165) is 40.9 Å². The summed E-state index contributed by atoms with van der Waals surface area (Å²) in [5, 5.41) is 4.20. The predicted octanol–water partition coefficient (Wildman–Crippen LogP) is 3.96. The molecule has 0 saturated carbocycles. The Bertz CT molecular complexity index is 1170. The molecule has 1 aliphatic rings. The Morgan fingerprint density at radius 1 is 1.14 bits per heavy atom. The monoisotopic (exact) mass is 431 g/mol. The molecule has 152 valence electrons. The zero-order valence-electron chi connectivity index (χ0n) is 16.0. The summed E-state index contributed by atoms with van der Waals surface area (Å²) in [6.45, 7) is -0.283. The second-order valence-electron chi connectivity index (χ2n) is 7.31. The number of benzene rings is 2. The smallest absolute Gasteiger partial charge is 0.243 e. The summed E-state index contributed by atoms with van der Waals surface area (Å²) in [5.74, 6) is -0.418. The number of amides is 1. The van der Waals surface area contributed by atoms with E-state index < -0.39 is 15.9 Å². The normalized spacial score (nSPS) is 14.2. The highest BCUT2D eigenvalue weighted by atomic mass is 35.5. The number of anilines is 1. The highest BCUT2D eigenvalue weighted by molar-refractivity contribution is 7.89. The first-order valence-electron chi connectivity index (χ1n) is 9.50. The van der Waals surface area contributed by atoms with Crippen LogP contribution < -0.4 is 5.32 Å². The minimum atomic E-state index is -3.79. The number of hydrogen-bond donors (Lipinski definition) is 2. The molecule has 1 heterocycles. The molecule has 8 heteroatoms. The van der Waals surface area contributed by atoms with Gasteiger partial charge < -0.3 is 10.3 Å². The molecule has 4 rings (SSSR count). The van der Waals surface area contributed by atoms with Crippen molar-refractivity contribution in [2.75, 3.05) is 18.9 Å². The Morgan fingerprint density at radius 3 is 2.62 bits per heavy atom. The molecule has 0 spiro atoms. The third-order valence-electron chi connectivity index (χ3n) is 5.27. The number of likely N-dealkylation sites (N-methyl/N-ethyl adjacent to an activating group) is 1. The molecule has 3 aromatic rings. The van der Waals surface area contributed by atoms with Gasteiger partial charge in [0.05, 0.1) is 11.4 Å². The zero-order chi connectivity index (χ0) is 20.6. The van der Waals surface area contributed by atoms with Crippen molar-refractivity contribution in [3.8, 4) is 0 Å². The average molecular weight is 432 g/mol. The number of nitrogens with zero attached hydrogens (tertiary/aromatic N) is 1. The summed E-state index contributed by atoms with van der Waals surface area (Å²) < 4.78 is 27.1.